The molecule has 3 heterocycles. The minimum atomic E-state index is -0.436. The van der Waals surface area contributed by atoms with Crippen molar-refractivity contribution in [3.05, 3.63) is 75.0 Å². The number of furan rings is 1. The molecule has 0 saturated carbocycles. The maximum atomic E-state index is 12.7. The van der Waals surface area contributed by atoms with Crippen LogP contribution in [-0.4, -0.2) is 5.60 Å². The van der Waals surface area contributed by atoms with Crippen molar-refractivity contribution in [1.82, 2.24) is 0 Å². The van der Waals surface area contributed by atoms with Crippen LogP contribution in [0.5, 0.6) is 5.75 Å². The fourth-order valence-electron chi connectivity index (χ4n) is 4.21. The van der Waals surface area contributed by atoms with Gasteiger partial charge >= 0.3 is 5.63 Å². The van der Waals surface area contributed by atoms with Gasteiger partial charge in [-0.05, 0) is 69.9 Å². The molecule has 4 nitrogen and oxygen atoms in total. The number of rotatable bonds is 5. The average Bonchev–Trinajstić information content (AvgIpc) is 3.16. The summed E-state index contributed by atoms with van der Waals surface area (Å²) in [6.07, 6.45) is 6.54. The molecule has 152 valence electrons. The van der Waals surface area contributed by atoms with Crippen molar-refractivity contribution >= 4 is 11.0 Å². The lowest BCUT2D eigenvalue weighted by atomic mass is 9.84. The second kappa shape index (κ2) is 7.25. The van der Waals surface area contributed by atoms with Crippen molar-refractivity contribution in [3.63, 3.8) is 0 Å². The average molecular weight is 392 g/mol. The van der Waals surface area contributed by atoms with Gasteiger partial charge in [0.25, 0.3) is 0 Å². The van der Waals surface area contributed by atoms with Crippen molar-refractivity contribution in [2.75, 3.05) is 0 Å². The number of allylic oxidation sites excluding steroid dienone is 2. The first-order valence-corrected chi connectivity index (χ1v) is 10.2. The van der Waals surface area contributed by atoms with Crippen LogP contribution in [0.3, 0.4) is 0 Å². The Bertz CT molecular complexity index is 1150. The van der Waals surface area contributed by atoms with Gasteiger partial charge in [0.2, 0.25) is 0 Å². The molecule has 0 radical (unpaired) electrons. The third kappa shape index (κ3) is 3.64. The van der Waals surface area contributed by atoms with E-state index in [-0.39, 0.29) is 11.5 Å². The Morgan fingerprint density at radius 3 is 2.72 bits per heavy atom. The summed E-state index contributed by atoms with van der Waals surface area (Å²) in [6, 6.07) is 7.97. The van der Waals surface area contributed by atoms with E-state index < -0.39 is 5.60 Å². The topological polar surface area (TPSA) is 52.6 Å². The van der Waals surface area contributed by atoms with Gasteiger partial charge in [-0.3, -0.25) is 0 Å². The smallest absolute Gasteiger partial charge is 0.343 e. The summed E-state index contributed by atoms with van der Waals surface area (Å²) in [5.74, 6) is 1.65. The molecule has 4 heteroatoms. The molecule has 0 fully saturated rings. The fraction of sp³-hybridized carbons (Fsp3) is 0.400. The van der Waals surface area contributed by atoms with E-state index in [1.165, 1.54) is 5.57 Å². The van der Waals surface area contributed by atoms with Gasteiger partial charge in [0.1, 0.15) is 22.7 Å². The van der Waals surface area contributed by atoms with Gasteiger partial charge in [-0.25, -0.2) is 4.79 Å². The van der Waals surface area contributed by atoms with Crippen molar-refractivity contribution in [2.45, 2.75) is 65.4 Å². The third-order valence-electron chi connectivity index (χ3n) is 6.10. The predicted molar refractivity (Wildman–Crippen MR) is 115 cm³/mol. The van der Waals surface area contributed by atoms with Crippen LogP contribution in [0, 0.1) is 13.8 Å². The van der Waals surface area contributed by atoms with Crippen LogP contribution < -0.4 is 10.4 Å². The number of hydrogen-bond donors (Lipinski definition) is 0. The Hall–Kier alpha value is -2.75. The minimum absolute atomic E-state index is 0.0270. The maximum absolute atomic E-state index is 12.7. The minimum Gasteiger partial charge on any atom is -0.486 e. The molecule has 1 aliphatic heterocycles. The van der Waals surface area contributed by atoms with Crippen LogP contribution in [0.15, 0.2) is 55.8 Å². The van der Waals surface area contributed by atoms with Gasteiger partial charge in [-0.1, -0.05) is 24.6 Å². The summed E-state index contributed by atoms with van der Waals surface area (Å²) in [4.78, 5) is 12.7. The highest BCUT2D eigenvalue weighted by atomic mass is 16.5. The lowest BCUT2D eigenvalue weighted by Gasteiger charge is -2.28. The van der Waals surface area contributed by atoms with Crippen LogP contribution in [-0.2, 0) is 6.42 Å². The first-order chi connectivity index (χ1) is 13.8. The van der Waals surface area contributed by atoms with Gasteiger partial charge in [0, 0.05) is 12.3 Å². The molecule has 2 unspecified atom stereocenters. The van der Waals surface area contributed by atoms with E-state index in [0.717, 1.165) is 41.5 Å². The standard InChI is InChI=1S/C25H28O4/c1-15(11-19-12-17(3)14-27-19)7-6-10-25(5)18(4)22-23(29-25)20-9-8-16(2)13-21(20)28-24(22)26/h7-9,12-14,18H,6,10-11H2,1-5H3/b15-7+. The van der Waals surface area contributed by atoms with E-state index >= 15 is 0 Å². The molecule has 0 bridgehead atoms. The molecule has 0 aliphatic carbocycles. The first kappa shape index (κ1) is 19.6. The molecular formula is C25H28O4. The highest BCUT2D eigenvalue weighted by Gasteiger charge is 2.44. The molecular weight excluding hydrogens is 364 g/mol. The van der Waals surface area contributed by atoms with Gasteiger partial charge in [0.15, 0.2) is 0 Å². The second-order valence-corrected chi connectivity index (χ2v) is 8.62. The number of benzene rings is 1. The summed E-state index contributed by atoms with van der Waals surface area (Å²) < 4.78 is 17.6. The van der Waals surface area contributed by atoms with Crippen LogP contribution >= 0.6 is 0 Å². The highest BCUT2D eigenvalue weighted by Crippen LogP contribution is 2.48. The van der Waals surface area contributed by atoms with Crippen molar-refractivity contribution in [3.8, 4) is 5.75 Å². The second-order valence-electron chi connectivity index (χ2n) is 8.62. The Balaban J connectivity index is 1.53. The van der Waals surface area contributed by atoms with E-state index in [1.54, 1.807) is 6.26 Å². The van der Waals surface area contributed by atoms with Crippen LogP contribution in [0.4, 0.5) is 0 Å². The molecule has 1 aromatic carbocycles. The normalized spacial score (nSPS) is 21.4. The lowest BCUT2D eigenvalue weighted by Crippen LogP contribution is -2.33. The Morgan fingerprint density at radius 1 is 1.21 bits per heavy atom. The summed E-state index contributed by atoms with van der Waals surface area (Å²) >= 11 is 0. The highest BCUT2D eigenvalue weighted by molar-refractivity contribution is 5.86. The molecule has 29 heavy (non-hydrogen) atoms. The van der Waals surface area contributed by atoms with Crippen molar-refractivity contribution in [2.24, 2.45) is 0 Å². The molecule has 2 atom stereocenters. The van der Waals surface area contributed by atoms with E-state index in [9.17, 15) is 4.79 Å². The van der Waals surface area contributed by atoms with E-state index in [4.69, 9.17) is 13.6 Å². The van der Waals surface area contributed by atoms with Gasteiger partial charge in [0.05, 0.1) is 17.2 Å². The summed E-state index contributed by atoms with van der Waals surface area (Å²) in [5.41, 5.74) is 4.01. The van der Waals surface area contributed by atoms with Crippen LogP contribution in [0.2, 0.25) is 0 Å². The van der Waals surface area contributed by atoms with Crippen molar-refractivity contribution < 1.29 is 13.6 Å². The molecule has 0 saturated heterocycles. The molecule has 0 amide bonds. The molecule has 4 rings (SSSR count). The largest absolute Gasteiger partial charge is 0.486 e. The quantitative estimate of drug-likeness (QED) is 0.382. The zero-order valence-electron chi connectivity index (χ0n) is 17.8. The number of fused-ring (bicyclic) bond motifs is 3. The Labute approximate surface area is 171 Å². The van der Waals surface area contributed by atoms with Crippen LogP contribution in [0.25, 0.3) is 11.0 Å². The molecule has 3 aromatic rings. The Kier molecular flexibility index (Phi) is 4.89. The fourth-order valence-corrected chi connectivity index (χ4v) is 4.21. The Morgan fingerprint density at radius 2 is 2.00 bits per heavy atom. The summed E-state index contributed by atoms with van der Waals surface area (Å²) in [5, 5.41) is 0.876. The van der Waals surface area contributed by atoms with E-state index in [2.05, 4.69) is 32.9 Å². The zero-order valence-corrected chi connectivity index (χ0v) is 17.8. The number of aryl methyl sites for hydroxylation is 2. The van der Waals surface area contributed by atoms with Gasteiger partial charge < -0.3 is 13.6 Å². The predicted octanol–water partition coefficient (Wildman–Crippen LogP) is 6.23. The summed E-state index contributed by atoms with van der Waals surface area (Å²) in [7, 11) is 0. The van der Waals surface area contributed by atoms with Gasteiger partial charge in [-0.15, -0.1) is 0 Å². The summed E-state index contributed by atoms with van der Waals surface area (Å²) in [6.45, 7) is 10.3. The first-order valence-electron chi connectivity index (χ1n) is 10.2. The third-order valence-corrected chi connectivity index (χ3v) is 6.10. The number of ether oxygens (including phenoxy) is 1. The van der Waals surface area contributed by atoms with E-state index in [0.29, 0.717) is 16.9 Å². The molecule has 1 aliphatic rings. The zero-order chi connectivity index (χ0) is 20.8. The SMILES string of the molecule is C/C(=C\CCC1(C)Oc2c(c(=O)oc3cc(C)ccc23)C1C)Cc1cc(C)co1. The molecule has 0 N–H and O–H groups in total. The van der Waals surface area contributed by atoms with E-state index in [1.807, 2.05) is 32.0 Å². The molecule has 2 aromatic heterocycles. The van der Waals surface area contributed by atoms with Gasteiger partial charge in [-0.2, -0.15) is 0 Å². The lowest BCUT2D eigenvalue weighted by molar-refractivity contribution is 0.0862. The number of hydrogen-bond acceptors (Lipinski definition) is 4. The maximum Gasteiger partial charge on any atom is 0.343 e. The van der Waals surface area contributed by atoms with Crippen molar-refractivity contribution in [1.29, 1.82) is 0 Å². The molecule has 0 spiro atoms. The monoisotopic (exact) mass is 392 g/mol. The van der Waals surface area contributed by atoms with Crippen LogP contribution in [0.1, 0.15) is 62.0 Å².